The zero-order valence-electron chi connectivity index (χ0n) is 18.3. The highest BCUT2D eigenvalue weighted by Crippen LogP contribution is 2.34. The van der Waals surface area contributed by atoms with Gasteiger partial charge in [-0.1, -0.05) is 35.9 Å². The molecule has 32 heavy (non-hydrogen) atoms. The van der Waals surface area contributed by atoms with Gasteiger partial charge in [0.05, 0.1) is 28.0 Å². The Balaban J connectivity index is 2.05. The minimum Gasteiger partial charge on any atom is -0.497 e. The number of benzene rings is 3. The lowest BCUT2D eigenvalue weighted by atomic mass is 10.0. The minimum absolute atomic E-state index is 0.0350. The summed E-state index contributed by atoms with van der Waals surface area (Å²) in [6, 6.07) is 17.0. The van der Waals surface area contributed by atoms with Crippen molar-refractivity contribution in [3.63, 3.8) is 0 Å². The van der Waals surface area contributed by atoms with Gasteiger partial charge in [0.1, 0.15) is 5.75 Å². The zero-order valence-corrected chi connectivity index (χ0v) is 19.2. The molecule has 1 aromatic heterocycles. The van der Waals surface area contributed by atoms with Gasteiger partial charge in [-0.05, 0) is 62.2 Å². The highest BCUT2D eigenvalue weighted by Gasteiger charge is 2.29. The fourth-order valence-corrected chi connectivity index (χ4v) is 5.29. The molecule has 0 saturated heterocycles. The third-order valence-corrected chi connectivity index (χ3v) is 7.49. The third-order valence-electron chi connectivity index (χ3n) is 5.64. The highest BCUT2D eigenvalue weighted by atomic mass is 32.2. The molecule has 0 bridgehead atoms. The summed E-state index contributed by atoms with van der Waals surface area (Å²) in [6.07, 6.45) is 1.35. The van der Waals surface area contributed by atoms with Crippen LogP contribution in [0, 0.1) is 20.8 Å². The molecule has 0 amide bonds. The molecule has 162 valence electrons. The maximum absolute atomic E-state index is 13.9. The summed E-state index contributed by atoms with van der Waals surface area (Å²) in [5, 5.41) is 0.348. The third kappa shape index (κ3) is 3.78. The van der Waals surface area contributed by atoms with E-state index in [0.29, 0.717) is 22.2 Å². The van der Waals surface area contributed by atoms with Crippen molar-refractivity contribution in [3.8, 4) is 5.75 Å². The van der Waals surface area contributed by atoms with E-state index in [1.165, 1.54) is 13.3 Å². The number of pyridine rings is 1. The molecule has 0 N–H and O–H groups in total. The van der Waals surface area contributed by atoms with Gasteiger partial charge in [0, 0.05) is 17.1 Å². The molecule has 4 aromatic rings. The summed E-state index contributed by atoms with van der Waals surface area (Å²) in [5.74, 6) is 0.0837. The number of nitrogens with zero attached hydrogens (tertiary/aromatic N) is 1. The Labute approximate surface area is 187 Å². The first kappa shape index (κ1) is 21.7. The van der Waals surface area contributed by atoms with Crippen LogP contribution in [-0.4, -0.2) is 26.3 Å². The summed E-state index contributed by atoms with van der Waals surface area (Å²) in [6.45, 7) is 5.71. The van der Waals surface area contributed by atoms with E-state index < -0.39 is 15.6 Å². The Morgan fingerprint density at radius 3 is 2.25 bits per heavy atom. The number of carbonyl (C=O) groups excluding carboxylic acids is 1. The van der Waals surface area contributed by atoms with E-state index in [0.717, 1.165) is 16.7 Å². The summed E-state index contributed by atoms with van der Waals surface area (Å²) in [5.41, 5.74) is 3.75. The van der Waals surface area contributed by atoms with Gasteiger partial charge in [0.15, 0.2) is 5.78 Å². The smallest absolute Gasteiger partial charge is 0.208 e. The molecule has 0 aliphatic rings. The maximum Gasteiger partial charge on any atom is 0.208 e. The number of hydrogen-bond donors (Lipinski definition) is 0. The number of hydrogen-bond acceptors (Lipinski definition) is 5. The Morgan fingerprint density at radius 2 is 1.59 bits per heavy atom. The van der Waals surface area contributed by atoms with Crippen molar-refractivity contribution in [2.24, 2.45) is 0 Å². The van der Waals surface area contributed by atoms with Crippen molar-refractivity contribution in [2.75, 3.05) is 7.11 Å². The first-order valence-electron chi connectivity index (χ1n) is 10.1. The molecule has 4 rings (SSSR count). The second-order valence-electron chi connectivity index (χ2n) is 7.83. The molecular weight excluding hydrogens is 422 g/mol. The fourth-order valence-electron chi connectivity index (χ4n) is 3.58. The summed E-state index contributed by atoms with van der Waals surface area (Å²) in [7, 11) is -2.53. The molecule has 1 heterocycles. The van der Waals surface area contributed by atoms with Gasteiger partial charge in [-0.3, -0.25) is 9.78 Å². The molecule has 3 aromatic carbocycles. The molecule has 0 saturated carbocycles. The van der Waals surface area contributed by atoms with Crippen molar-refractivity contribution in [1.29, 1.82) is 0 Å². The van der Waals surface area contributed by atoms with Crippen molar-refractivity contribution in [2.45, 2.75) is 30.6 Å². The van der Waals surface area contributed by atoms with Gasteiger partial charge in [0.2, 0.25) is 9.84 Å². The number of fused-ring (bicyclic) bond motifs is 1. The second kappa shape index (κ2) is 8.20. The Morgan fingerprint density at radius 1 is 0.875 bits per heavy atom. The van der Waals surface area contributed by atoms with Crippen molar-refractivity contribution in [3.05, 3.63) is 94.7 Å². The van der Waals surface area contributed by atoms with Crippen LogP contribution in [0.2, 0.25) is 0 Å². The van der Waals surface area contributed by atoms with Crippen molar-refractivity contribution in [1.82, 2.24) is 4.98 Å². The predicted molar refractivity (Wildman–Crippen MR) is 124 cm³/mol. The van der Waals surface area contributed by atoms with Crippen LogP contribution >= 0.6 is 0 Å². The van der Waals surface area contributed by atoms with E-state index in [2.05, 4.69) is 4.98 Å². The average molecular weight is 446 g/mol. The standard InChI is InChI=1S/C26H23NO4S/c1-16-5-8-19(9-6-16)25(28)23-15-27-24-12-10-20(31-4)14-22(24)26(23)32(29,30)21-11-7-17(2)18(3)13-21/h5-15H,1-4H3. The van der Waals surface area contributed by atoms with E-state index in [-0.39, 0.29) is 15.4 Å². The molecule has 0 aliphatic carbocycles. The SMILES string of the molecule is COc1ccc2ncc(C(=O)c3ccc(C)cc3)c(S(=O)(=O)c3ccc(C)c(C)c3)c2c1. The van der Waals surface area contributed by atoms with Crippen molar-refractivity contribution >= 4 is 26.5 Å². The van der Waals surface area contributed by atoms with Gasteiger partial charge in [0.25, 0.3) is 0 Å². The van der Waals surface area contributed by atoms with Crippen LogP contribution in [0.3, 0.4) is 0 Å². The number of aryl methyl sites for hydroxylation is 3. The van der Waals surface area contributed by atoms with E-state index in [1.807, 2.05) is 32.9 Å². The van der Waals surface area contributed by atoms with E-state index >= 15 is 0 Å². The summed E-state index contributed by atoms with van der Waals surface area (Å²) >= 11 is 0. The number of methoxy groups -OCH3 is 1. The largest absolute Gasteiger partial charge is 0.497 e. The topological polar surface area (TPSA) is 73.3 Å². The Hall–Kier alpha value is -3.51. The molecule has 0 spiro atoms. The number of sulfone groups is 1. The summed E-state index contributed by atoms with van der Waals surface area (Å²) in [4.78, 5) is 17.9. The van der Waals surface area contributed by atoms with Crippen LogP contribution in [0.4, 0.5) is 0 Å². The van der Waals surface area contributed by atoms with Crippen LogP contribution in [0.1, 0.15) is 32.6 Å². The lowest BCUT2D eigenvalue weighted by Gasteiger charge is -2.15. The molecule has 6 heteroatoms. The number of rotatable bonds is 5. The first-order chi connectivity index (χ1) is 15.2. The molecule has 5 nitrogen and oxygen atoms in total. The van der Waals surface area contributed by atoms with Gasteiger partial charge in [-0.2, -0.15) is 0 Å². The van der Waals surface area contributed by atoms with Crippen molar-refractivity contribution < 1.29 is 17.9 Å². The van der Waals surface area contributed by atoms with Gasteiger partial charge < -0.3 is 4.74 Å². The van der Waals surface area contributed by atoms with E-state index in [9.17, 15) is 13.2 Å². The minimum atomic E-state index is -4.04. The zero-order chi connectivity index (χ0) is 23.0. The monoisotopic (exact) mass is 445 g/mol. The highest BCUT2D eigenvalue weighted by molar-refractivity contribution is 7.91. The molecular formula is C26H23NO4S. The van der Waals surface area contributed by atoms with Crippen LogP contribution < -0.4 is 4.74 Å². The van der Waals surface area contributed by atoms with Crippen LogP contribution in [0.15, 0.2) is 76.7 Å². The lowest BCUT2D eigenvalue weighted by molar-refractivity contribution is 0.103. The van der Waals surface area contributed by atoms with Crippen LogP contribution in [-0.2, 0) is 9.84 Å². The molecule has 0 atom stereocenters. The number of carbonyl (C=O) groups is 1. The first-order valence-corrected chi connectivity index (χ1v) is 11.6. The number of ketones is 1. The van der Waals surface area contributed by atoms with Crippen LogP contribution in [0.5, 0.6) is 5.75 Å². The van der Waals surface area contributed by atoms with Gasteiger partial charge in [-0.25, -0.2) is 8.42 Å². The van der Waals surface area contributed by atoms with E-state index in [1.54, 1.807) is 48.5 Å². The molecule has 0 radical (unpaired) electrons. The normalized spacial score (nSPS) is 11.5. The Bertz CT molecular complexity index is 1460. The molecule has 0 aliphatic heterocycles. The molecule has 0 unspecified atom stereocenters. The van der Waals surface area contributed by atoms with E-state index in [4.69, 9.17) is 4.74 Å². The maximum atomic E-state index is 13.9. The lowest BCUT2D eigenvalue weighted by Crippen LogP contribution is -2.13. The Kier molecular flexibility index (Phi) is 5.57. The average Bonchev–Trinajstić information content (AvgIpc) is 2.79. The molecule has 0 fully saturated rings. The van der Waals surface area contributed by atoms with Gasteiger partial charge in [-0.15, -0.1) is 0 Å². The predicted octanol–water partition coefficient (Wildman–Crippen LogP) is 5.23. The fraction of sp³-hybridized carbons (Fsp3) is 0.154. The summed E-state index contributed by atoms with van der Waals surface area (Å²) < 4.78 is 33.1. The second-order valence-corrected chi connectivity index (χ2v) is 9.72. The quantitative estimate of drug-likeness (QED) is 0.393. The number of ether oxygens (including phenoxy) is 1. The number of aromatic nitrogens is 1. The van der Waals surface area contributed by atoms with Crippen LogP contribution in [0.25, 0.3) is 10.9 Å². The van der Waals surface area contributed by atoms with Gasteiger partial charge >= 0.3 is 0 Å².